The summed E-state index contributed by atoms with van der Waals surface area (Å²) in [6, 6.07) is 8.71. The second kappa shape index (κ2) is 3.98. The van der Waals surface area contributed by atoms with E-state index in [-0.39, 0.29) is 5.41 Å². The quantitative estimate of drug-likeness (QED) is 0.831. The van der Waals surface area contributed by atoms with Crippen LogP contribution in [0.25, 0.3) is 0 Å². The first-order valence-corrected chi connectivity index (χ1v) is 6.75. The minimum absolute atomic E-state index is 0.139. The first-order valence-electron chi connectivity index (χ1n) is 6.34. The molecule has 17 heavy (non-hydrogen) atoms. The summed E-state index contributed by atoms with van der Waals surface area (Å²) in [5, 5.41) is 0. The fourth-order valence-corrected chi connectivity index (χ4v) is 3.04. The van der Waals surface area contributed by atoms with Crippen LogP contribution in [0.15, 0.2) is 24.3 Å². The standard InChI is InChI=1S/C14H18N2S/c15-13(17)14(7-8-14)10-16-9-3-5-11-4-1-2-6-12(11)16/h1-2,4,6H,3,5,7-10H2,(H2,15,17). The molecule has 1 saturated carbocycles. The van der Waals surface area contributed by atoms with Gasteiger partial charge in [0.2, 0.25) is 0 Å². The van der Waals surface area contributed by atoms with Gasteiger partial charge >= 0.3 is 0 Å². The SMILES string of the molecule is NC(=S)C1(CN2CCCc3ccccc32)CC1. The molecule has 0 radical (unpaired) electrons. The van der Waals surface area contributed by atoms with Crippen molar-refractivity contribution in [3.05, 3.63) is 29.8 Å². The zero-order chi connectivity index (χ0) is 11.9. The van der Waals surface area contributed by atoms with E-state index in [4.69, 9.17) is 18.0 Å². The van der Waals surface area contributed by atoms with E-state index in [2.05, 4.69) is 29.2 Å². The van der Waals surface area contributed by atoms with E-state index in [0.29, 0.717) is 4.99 Å². The summed E-state index contributed by atoms with van der Waals surface area (Å²) in [4.78, 5) is 3.19. The third-order valence-corrected chi connectivity index (χ3v) is 4.51. The minimum Gasteiger partial charge on any atom is -0.393 e. The van der Waals surface area contributed by atoms with Crippen molar-refractivity contribution in [3.8, 4) is 0 Å². The first kappa shape index (κ1) is 11.0. The molecule has 3 rings (SSSR count). The van der Waals surface area contributed by atoms with Gasteiger partial charge in [-0.15, -0.1) is 0 Å². The van der Waals surface area contributed by atoms with Crippen LogP contribution in [-0.4, -0.2) is 18.1 Å². The number of hydrogen-bond donors (Lipinski definition) is 1. The Labute approximate surface area is 108 Å². The predicted octanol–water partition coefficient (Wildman–Crippen LogP) is 2.51. The Kier molecular flexibility index (Phi) is 2.58. The Bertz CT molecular complexity index is 451. The lowest BCUT2D eigenvalue weighted by atomic mass is 9.99. The smallest absolute Gasteiger partial charge is 0.0807 e. The van der Waals surface area contributed by atoms with Gasteiger partial charge in [-0.05, 0) is 37.3 Å². The maximum absolute atomic E-state index is 5.87. The molecule has 0 amide bonds. The highest BCUT2D eigenvalue weighted by atomic mass is 32.1. The maximum atomic E-state index is 5.87. The molecule has 0 atom stereocenters. The Balaban J connectivity index is 1.84. The van der Waals surface area contributed by atoms with Crippen molar-refractivity contribution in [2.45, 2.75) is 25.7 Å². The van der Waals surface area contributed by atoms with Gasteiger partial charge in [0.25, 0.3) is 0 Å². The highest BCUT2D eigenvalue weighted by Gasteiger charge is 2.47. The van der Waals surface area contributed by atoms with E-state index in [1.54, 1.807) is 0 Å². The molecule has 3 heteroatoms. The van der Waals surface area contributed by atoms with Crippen LogP contribution < -0.4 is 10.6 Å². The van der Waals surface area contributed by atoms with Crippen LogP contribution in [0, 0.1) is 5.41 Å². The molecule has 1 fully saturated rings. The lowest BCUT2D eigenvalue weighted by Crippen LogP contribution is -2.39. The molecule has 2 nitrogen and oxygen atoms in total. The van der Waals surface area contributed by atoms with Crippen molar-refractivity contribution in [2.75, 3.05) is 18.0 Å². The van der Waals surface area contributed by atoms with Crippen molar-refractivity contribution in [3.63, 3.8) is 0 Å². The number of para-hydroxylation sites is 1. The third kappa shape index (κ3) is 1.93. The predicted molar refractivity (Wildman–Crippen MR) is 75.4 cm³/mol. The molecular formula is C14H18N2S. The van der Waals surface area contributed by atoms with Crippen LogP contribution in [0.2, 0.25) is 0 Å². The number of thiocarbonyl (C=S) groups is 1. The molecule has 0 bridgehead atoms. The van der Waals surface area contributed by atoms with Crippen LogP contribution >= 0.6 is 12.2 Å². The number of hydrogen-bond acceptors (Lipinski definition) is 2. The number of rotatable bonds is 3. The Morgan fingerprint density at radius 3 is 2.82 bits per heavy atom. The fourth-order valence-electron chi connectivity index (χ4n) is 2.77. The first-order chi connectivity index (χ1) is 8.21. The maximum Gasteiger partial charge on any atom is 0.0807 e. The van der Waals surface area contributed by atoms with Gasteiger partial charge in [0.15, 0.2) is 0 Å². The van der Waals surface area contributed by atoms with E-state index in [1.165, 1.54) is 36.9 Å². The Morgan fingerprint density at radius 1 is 1.35 bits per heavy atom. The number of aryl methyl sites for hydroxylation is 1. The third-order valence-electron chi connectivity index (χ3n) is 4.08. The van der Waals surface area contributed by atoms with Crippen LogP contribution in [0.1, 0.15) is 24.8 Å². The average Bonchev–Trinajstić information content (AvgIpc) is 3.11. The van der Waals surface area contributed by atoms with Gasteiger partial charge in [-0.3, -0.25) is 0 Å². The van der Waals surface area contributed by atoms with Gasteiger partial charge in [0.1, 0.15) is 0 Å². The van der Waals surface area contributed by atoms with Crippen molar-refractivity contribution < 1.29 is 0 Å². The number of benzene rings is 1. The number of nitrogens with two attached hydrogens (primary N) is 1. The zero-order valence-corrected chi connectivity index (χ0v) is 10.8. The summed E-state index contributed by atoms with van der Waals surface area (Å²) in [7, 11) is 0. The van der Waals surface area contributed by atoms with E-state index in [1.807, 2.05) is 0 Å². The molecule has 2 aliphatic rings. The van der Waals surface area contributed by atoms with Gasteiger partial charge in [-0.2, -0.15) is 0 Å². The van der Waals surface area contributed by atoms with E-state index < -0.39 is 0 Å². The average molecular weight is 246 g/mol. The Hall–Kier alpha value is -1.09. The lowest BCUT2D eigenvalue weighted by molar-refractivity contribution is 0.608. The molecule has 0 aromatic heterocycles. The van der Waals surface area contributed by atoms with Gasteiger partial charge in [0, 0.05) is 24.2 Å². The lowest BCUT2D eigenvalue weighted by Gasteiger charge is -2.34. The monoisotopic (exact) mass is 246 g/mol. The second-order valence-electron chi connectivity index (χ2n) is 5.30. The van der Waals surface area contributed by atoms with Crippen LogP contribution in [0.5, 0.6) is 0 Å². The van der Waals surface area contributed by atoms with Gasteiger partial charge in [-0.25, -0.2) is 0 Å². The number of nitrogens with zero attached hydrogens (tertiary/aromatic N) is 1. The van der Waals surface area contributed by atoms with Crippen molar-refractivity contribution in [2.24, 2.45) is 11.1 Å². The number of anilines is 1. The van der Waals surface area contributed by atoms with Crippen LogP contribution in [0.3, 0.4) is 0 Å². The molecule has 90 valence electrons. The Morgan fingerprint density at radius 2 is 2.12 bits per heavy atom. The molecular weight excluding hydrogens is 228 g/mol. The topological polar surface area (TPSA) is 29.3 Å². The van der Waals surface area contributed by atoms with Gasteiger partial charge < -0.3 is 10.6 Å². The molecule has 1 aromatic rings. The van der Waals surface area contributed by atoms with Crippen LogP contribution in [0.4, 0.5) is 5.69 Å². The fraction of sp³-hybridized carbons (Fsp3) is 0.500. The molecule has 1 heterocycles. The normalized spacial score (nSPS) is 20.8. The van der Waals surface area contributed by atoms with E-state index in [9.17, 15) is 0 Å². The molecule has 0 unspecified atom stereocenters. The molecule has 1 aliphatic carbocycles. The van der Waals surface area contributed by atoms with Gasteiger partial charge in [-0.1, -0.05) is 30.4 Å². The van der Waals surface area contributed by atoms with Crippen molar-refractivity contribution in [1.82, 2.24) is 0 Å². The molecule has 0 saturated heterocycles. The zero-order valence-electron chi connectivity index (χ0n) is 9.98. The molecule has 1 aromatic carbocycles. The summed E-state index contributed by atoms with van der Waals surface area (Å²) in [5.41, 5.74) is 8.87. The molecule has 0 spiro atoms. The summed E-state index contributed by atoms with van der Waals surface area (Å²) in [5.74, 6) is 0. The van der Waals surface area contributed by atoms with Gasteiger partial charge in [0.05, 0.1) is 4.99 Å². The second-order valence-corrected chi connectivity index (χ2v) is 5.74. The van der Waals surface area contributed by atoms with E-state index >= 15 is 0 Å². The molecule has 2 N–H and O–H groups in total. The van der Waals surface area contributed by atoms with Crippen molar-refractivity contribution >= 4 is 22.9 Å². The summed E-state index contributed by atoms with van der Waals surface area (Å²) in [6.07, 6.45) is 4.78. The van der Waals surface area contributed by atoms with E-state index in [0.717, 1.165) is 13.1 Å². The summed E-state index contributed by atoms with van der Waals surface area (Å²) in [6.45, 7) is 2.15. The molecule has 1 aliphatic heterocycles. The summed E-state index contributed by atoms with van der Waals surface area (Å²) >= 11 is 5.21. The van der Waals surface area contributed by atoms with Crippen molar-refractivity contribution in [1.29, 1.82) is 0 Å². The highest BCUT2D eigenvalue weighted by molar-refractivity contribution is 7.80. The summed E-state index contributed by atoms with van der Waals surface area (Å²) < 4.78 is 0. The highest BCUT2D eigenvalue weighted by Crippen LogP contribution is 2.47. The largest absolute Gasteiger partial charge is 0.393 e. The minimum atomic E-state index is 0.139. The number of fused-ring (bicyclic) bond motifs is 1. The van der Waals surface area contributed by atoms with Crippen LogP contribution in [-0.2, 0) is 6.42 Å².